The summed E-state index contributed by atoms with van der Waals surface area (Å²) in [6, 6.07) is 0. The van der Waals surface area contributed by atoms with E-state index < -0.39 is 8.25 Å². The maximum absolute atomic E-state index is 6.06. The largest absolute Gasteiger partial charge is 0.304 e. The number of nitrogens with zero attached hydrogens (tertiary/aromatic N) is 2. The highest BCUT2D eigenvalue weighted by Gasteiger charge is 2.52. The van der Waals surface area contributed by atoms with Crippen LogP contribution < -0.4 is 5.43 Å². The molecule has 0 saturated heterocycles. The molecule has 8 heteroatoms. The first-order valence-corrected chi connectivity index (χ1v) is 6.71. The van der Waals surface area contributed by atoms with E-state index in [2.05, 4.69) is 17.5 Å². The third-order valence-corrected chi connectivity index (χ3v) is 4.60. The second kappa shape index (κ2) is 5.57. The lowest BCUT2D eigenvalue weighted by atomic mass is 10.2. The minimum absolute atomic E-state index is 0.148. The number of unbranched alkanes of at least 4 members (excludes halogenated alkanes) is 1. The van der Waals surface area contributed by atoms with Crippen molar-refractivity contribution >= 4 is 64.3 Å². The van der Waals surface area contributed by atoms with Crippen molar-refractivity contribution in [2.45, 2.75) is 40.6 Å². The van der Waals surface area contributed by atoms with E-state index >= 15 is 0 Å². The zero-order valence-electron chi connectivity index (χ0n) is 8.56. The van der Waals surface area contributed by atoms with E-state index in [-0.39, 0.29) is 6.17 Å². The molecular formula is C8H12Cl5N3. The molecule has 0 aromatic rings. The SMILES string of the molecule is CCCCC1NN=CN1C(Cl)(Cl)C(Cl)(Cl)Cl. The van der Waals surface area contributed by atoms with Gasteiger partial charge in [0, 0.05) is 0 Å². The third kappa shape index (κ3) is 3.14. The minimum Gasteiger partial charge on any atom is -0.304 e. The molecule has 3 nitrogen and oxygen atoms in total. The molecule has 1 aliphatic heterocycles. The number of hydrazone groups is 1. The Bertz CT molecular complexity index is 263. The first-order chi connectivity index (χ1) is 7.30. The van der Waals surface area contributed by atoms with Gasteiger partial charge in [0.1, 0.15) is 12.5 Å². The molecule has 0 spiro atoms. The van der Waals surface area contributed by atoms with Crippen LogP contribution >= 0.6 is 58.0 Å². The highest BCUT2D eigenvalue weighted by Crippen LogP contribution is 2.48. The molecule has 1 rings (SSSR count). The van der Waals surface area contributed by atoms with Crippen LogP contribution in [0.4, 0.5) is 0 Å². The van der Waals surface area contributed by atoms with E-state index in [1.807, 2.05) is 0 Å². The molecule has 0 aromatic carbocycles. The highest BCUT2D eigenvalue weighted by atomic mass is 35.6. The standard InChI is InChI=1S/C8H12Cl5N3/c1-2-3-4-6-15-14-5-16(6)8(12,13)7(9,10)11/h5-6,15H,2-4H2,1H3. The molecule has 1 unspecified atom stereocenters. The summed E-state index contributed by atoms with van der Waals surface area (Å²) in [4.78, 5) is 1.51. The molecule has 1 heterocycles. The van der Waals surface area contributed by atoms with Gasteiger partial charge in [0.05, 0.1) is 0 Å². The smallest absolute Gasteiger partial charge is 0.241 e. The molecule has 94 valence electrons. The summed E-state index contributed by atoms with van der Waals surface area (Å²) < 4.78 is -3.47. The van der Waals surface area contributed by atoms with Gasteiger partial charge in [-0.1, -0.05) is 71.3 Å². The maximum Gasteiger partial charge on any atom is 0.241 e. The molecule has 0 bridgehead atoms. The number of halogens is 5. The van der Waals surface area contributed by atoms with E-state index in [9.17, 15) is 0 Å². The Morgan fingerprint density at radius 1 is 1.31 bits per heavy atom. The number of hydrogen-bond donors (Lipinski definition) is 1. The first-order valence-electron chi connectivity index (χ1n) is 4.82. The van der Waals surface area contributed by atoms with Crippen LogP contribution in [0.1, 0.15) is 26.2 Å². The van der Waals surface area contributed by atoms with Gasteiger partial charge < -0.3 is 4.90 Å². The quantitative estimate of drug-likeness (QED) is 0.627. The van der Waals surface area contributed by atoms with Crippen molar-refractivity contribution in [2.24, 2.45) is 5.10 Å². The van der Waals surface area contributed by atoms with E-state index in [1.54, 1.807) is 0 Å². The summed E-state index contributed by atoms with van der Waals surface area (Å²) in [5.41, 5.74) is 2.87. The Morgan fingerprint density at radius 3 is 2.44 bits per heavy atom. The van der Waals surface area contributed by atoms with Gasteiger partial charge in [0.15, 0.2) is 0 Å². The van der Waals surface area contributed by atoms with Crippen molar-refractivity contribution in [3.8, 4) is 0 Å². The first kappa shape index (κ1) is 14.8. The maximum atomic E-state index is 6.06. The number of hydrogen-bond acceptors (Lipinski definition) is 3. The molecule has 0 aliphatic carbocycles. The average molecular weight is 327 g/mol. The lowest BCUT2D eigenvalue weighted by molar-refractivity contribution is 0.245. The molecule has 0 aromatic heterocycles. The predicted octanol–water partition coefficient (Wildman–Crippen LogP) is 3.85. The normalized spacial score (nSPS) is 21.4. The van der Waals surface area contributed by atoms with E-state index in [4.69, 9.17) is 58.0 Å². The van der Waals surface area contributed by atoms with Crippen LogP contribution in [-0.2, 0) is 0 Å². The molecule has 0 fully saturated rings. The Balaban J connectivity index is 2.74. The predicted molar refractivity (Wildman–Crippen MR) is 71.5 cm³/mol. The molecule has 16 heavy (non-hydrogen) atoms. The van der Waals surface area contributed by atoms with E-state index in [0.29, 0.717) is 0 Å². The summed E-state index contributed by atoms with van der Waals surface area (Å²) >= 11 is 29.3. The van der Waals surface area contributed by atoms with Gasteiger partial charge in [-0.25, -0.2) is 0 Å². The summed E-state index contributed by atoms with van der Waals surface area (Å²) in [5, 5.41) is 3.89. The van der Waals surface area contributed by atoms with Crippen LogP contribution in [-0.4, -0.2) is 25.7 Å². The van der Waals surface area contributed by atoms with Crippen molar-refractivity contribution in [3.05, 3.63) is 0 Å². The summed E-state index contributed by atoms with van der Waals surface area (Å²) in [5.74, 6) is 0. The second-order valence-corrected chi connectivity index (χ2v) is 7.05. The monoisotopic (exact) mass is 325 g/mol. The van der Waals surface area contributed by atoms with E-state index in [0.717, 1.165) is 19.3 Å². The summed E-state index contributed by atoms with van der Waals surface area (Å²) in [6.45, 7) is 2.09. The van der Waals surface area contributed by atoms with Crippen molar-refractivity contribution < 1.29 is 0 Å². The number of rotatable bonds is 4. The second-order valence-electron chi connectivity index (χ2n) is 3.48. The number of alkyl halides is 5. The third-order valence-electron chi connectivity index (χ3n) is 2.24. The zero-order valence-corrected chi connectivity index (χ0v) is 12.3. The molecule has 1 aliphatic rings. The Morgan fingerprint density at radius 2 is 1.94 bits per heavy atom. The Labute approximate surface area is 120 Å². The topological polar surface area (TPSA) is 27.6 Å². The van der Waals surface area contributed by atoms with Crippen molar-refractivity contribution in [1.82, 2.24) is 10.3 Å². The van der Waals surface area contributed by atoms with Crippen molar-refractivity contribution in [2.75, 3.05) is 0 Å². The lowest BCUT2D eigenvalue weighted by Crippen LogP contribution is -2.53. The Hall–Kier alpha value is 0.720. The van der Waals surface area contributed by atoms with Crippen molar-refractivity contribution in [3.63, 3.8) is 0 Å². The highest BCUT2D eigenvalue weighted by molar-refractivity contribution is 6.75. The van der Waals surface area contributed by atoms with Crippen molar-refractivity contribution in [1.29, 1.82) is 0 Å². The Kier molecular flexibility index (Phi) is 5.15. The van der Waals surface area contributed by atoms with Crippen LogP contribution in [0, 0.1) is 0 Å². The fourth-order valence-electron chi connectivity index (χ4n) is 1.34. The van der Waals surface area contributed by atoms with Gasteiger partial charge in [0.25, 0.3) is 0 Å². The van der Waals surface area contributed by atoms with Gasteiger partial charge in [-0.15, -0.1) is 0 Å². The van der Waals surface area contributed by atoms with Gasteiger partial charge in [0.2, 0.25) is 8.25 Å². The summed E-state index contributed by atoms with van der Waals surface area (Å²) in [7, 11) is 0. The lowest BCUT2D eigenvalue weighted by Gasteiger charge is -2.38. The molecule has 0 amide bonds. The molecule has 0 radical (unpaired) electrons. The van der Waals surface area contributed by atoms with Crippen LogP contribution in [0.25, 0.3) is 0 Å². The van der Waals surface area contributed by atoms with Gasteiger partial charge in [-0.05, 0) is 12.8 Å². The number of nitrogens with one attached hydrogen (secondary N) is 1. The minimum atomic E-state index is -1.82. The zero-order chi connectivity index (χ0) is 12.4. The van der Waals surface area contributed by atoms with Crippen LogP contribution in [0.2, 0.25) is 0 Å². The van der Waals surface area contributed by atoms with Crippen LogP contribution in [0.3, 0.4) is 0 Å². The average Bonchev–Trinajstić information content (AvgIpc) is 2.61. The molecule has 0 saturated carbocycles. The molecule has 1 N–H and O–H groups in total. The summed E-state index contributed by atoms with van der Waals surface area (Å²) in [6.07, 6.45) is 4.17. The fraction of sp³-hybridized carbons (Fsp3) is 0.875. The van der Waals surface area contributed by atoms with Gasteiger partial charge >= 0.3 is 0 Å². The van der Waals surface area contributed by atoms with Gasteiger partial charge in [-0.3, -0.25) is 5.43 Å². The van der Waals surface area contributed by atoms with E-state index in [1.165, 1.54) is 11.2 Å². The van der Waals surface area contributed by atoms with Crippen LogP contribution in [0.5, 0.6) is 0 Å². The fourth-order valence-corrected chi connectivity index (χ4v) is 1.96. The van der Waals surface area contributed by atoms with Gasteiger partial charge in [-0.2, -0.15) is 5.10 Å². The molecular weight excluding hydrogens is 315 g/mol. The molecule has 1 atom stereocenters. The van der Waals surface area contributed by atoms with Crippen LogP contribution in [0.15, 0.2) is 5.10 Å².